The van der Waals surface area contributed by atoms with E-state index in [0.29, 0.717) is 5.41 Å². The zero-order valence-corrected chi connectivity index (χ0v) is 16.3. The Balaban J connectivity index is 1.57. The third-order valence-corrected chi connectivity index (χ3v) is 8.40. The molecule has 3 saturated carbocycles. The molecule has 0 aromatic carbocycles. The van der Waals surface area contributed by atoms with Crippen molar-refractivity contribution in [3.8, 4) is 0 Å². The Morgan fingerprint density at radius 1 is 1.12 bits per heavy atom. The number of rotatable bonds is 3. The number of allylic oxidation sites excluding steroid dienone is 2. The molecule has 0 aromatic rings. The van der Waals surface area contributed by atoms with Crippen LogP contribution in [0.2, 0.25) is 0 Å². The molecule has 0 radical (unpaired) electrons. The lowest BCUT2D eigenvalue weighted by Crippen LogP contribution is -2.51. The molecule has 0 aromatic heterocycles. The van der Waals surface area contributed by atoms with Crippen molar-refractivity contribution in [3.05, 3.63) is 11.6 Å². The lowest BCUT2D eigenvalue weighted by Gasteiger charge is -2.57. The standard InChI is InChI=1S/C22H35NO2/c1-4-13-25-23-16-9-11-21(2)15(14-16)5-6-17-18-7-8-20(24)22(18,3)12-10-19(17)21/h14,17-20,24H,4-13H2,1-3H3/b23-16-/t17?,18?,19?,20?,21-,22-/m0/s1. The van der Waals surface area contributed by atoms with Gasteiger partial charge in [-0.05, 0) is 92.4 Å². The average molecular weight is 346 g/mol. The van der Waals surface area contributed by atoms with E-state index in [-0.39, 0.29) is 11.5 Å². The van der Waals surface area contributed by atoms with E-state index in [1.165, 1.54) is 38.5 Å². The molecule has 25 heavy (non-hydrogen) atoms. The van der Waals surface area contributed by atoms with Gasteiger partial charge >= 0.3 is 0 Å². The van der Waals surface area contributed by atoms with Crippen molar-refractivity contribution in [2.75, 3.05) is 6.61 Å². The summed E-state index contributed by atoms with van der Waals surface area (Å²) >= 11 is 0. The molecule has 0 heterocycles. The number of fused-ring (bicyclic) bond motifs is 5. The summed E-state index contributed by atoms with van der Waals surface area (Å²) in [5, 5.41) is 14.9. The summed E-state index contributed by atoms with van der Waals surface area (Å²) in [6.45, 7) is 7.73. The minimum Gasteiger partial charge on any atom is -0.396 e. The quantitative estimate of drug-likeness (QED) is 0.571. The van der Waals surface area contributed by atoms with E-state index < -0.39 is 0 Å². The molecule has 3 fully saturated rings. The van der Waals surface area contributed by atoms with Crippen LogP contribution < -0.4 is 0 Å². The molecule has 3 nitrogen and oxygen atoms in total. The van der Waals surface area contributed by atoms with Crippen molar-refractivity contribution in [1.82, 2.24) is 0 Å². The second-order valence-corrected chi connectivity index (χ2v) is 9.56. The van der Waals surface area contributed by atoms with Gasteiger partial charge in [-0.3, -0.25) is 0 Å². The number of nitrogens with zero attached hydrogens (tertiary/aromatic N) is 1. The van der Waals surface area contributed by atoms with Crippen molar-refractivity contribution in [2.24, 2.45) is 33.7 Å². The average Bonchev–Trinajstić information content (AvgIpc) is 2.90. The Bertz CT molecular complexity index is 583. The Kier molecular flexibility index (Phi) is 4.50. The molecule has 1 N–H and O–H groups in total. The number of hydrogen-bond acceptors (Lipinski definition) is 3. The molecule has 4 rings (SSSR count). The summed E-state index contributed by atoms with van der Waals surface area (Å²) < 4.78 is 0. The normalized spacial score (nSPS) is 47.7. The summed E-state index contributed by atoms with van der Waals surface area (Å²) in [6.07, 6.45) is 12.9. The van der Waals surface area contributed by atoms with Crippen molar-refractivity contribution in [3.63, 3.8) is 0 Å². The van der Waals surface area contributed by atoms with Gasteiger partial charge in [0.2, 0.25) is 0 Å². The van der Waals surface area contributed by atoms with Crippen molar-refractivity contribution < 1.29 is 9.94 Å². The van der Waals surface area contributed by atoms with Gasteiger partial charge in [0.1, 0.15) is 6.61 Å². The van der Waals surface area contributed by atoms with Crippen molar-refractivity contribution >= 4 is 5.71 Å². The Hall–Kier alpha value is -0.830. The fraction of sp³-hybridized carbons (Fsp3) is 0.864. The monoisotopic (exact) mass is 345 g/mol. The Morgan fingerprint density at radius 2 is 1.96 bits per heavy atom. The summed E-state index contributed by atoms with van der Waals surface area (Å²) in [7, 11) is 0. The molecule has 4 aliphatic carbocycles. The lowest BCUT2D eigenvalue weighted by atomic mass is 9.47. The number of hydrogen-bond donors (Lipinski definition) is 1. The Morgan fingerprint density at radius 3 is 2.76 bits per heavy atom. The zero-order valence-electron chi connectivity index (χ0n) is 16.3. The molecular formula is C22H35NO2. The fourth-order valence-electron chi connectivity index (χ4n) is 6.84. The van der Waals surface area contributed by atoms with Crippen LogP contribution >= 0.6 is 0 Å². The van der Waals surface area contributed by atoms with Crippen LogP contribution in [0, 0.1) is 28.6 Å². The maximum Gasteiger partial charge on any atom is 0.116 e. The zero-order chi connectivity index (χ0) is 17.7. The van der Waals surface area contributed by atoms with Gasteiger partial charge in [-0.25, -0.2) is 0 Å². The smallest absolute Gasteiger partial charge is 0.116 e. The SMILES string of the molecule is CCCO/N=C1\C=C2CCC3C4CCC(O)[C@@]4(C)CCC3[C@@]2(C)CC1. The second-order valence-electron chi connectivity index (χ2n) is 9.56. The van der Waals surface area contributed by atoms with Gasteiger partial charge in [0.15, 0.2) is 0 Å². The summed E-state index contributed by atoms with van der Waals surface area (Å²) in [4.78, 5) is 5.44. The molecule has 0 amide bonds. The molecule has 140 valence electrons. The van der Waals surface area contributed by atoms with Crippen LogP contribution in [0.1, 0.15) is 78.6 Å². The van der Waals surface area contributed by atoms with Gasteiger partial charge in [0.05, 0.1) is 11.8 Å². The molecule has 4 aliphatic rings. The predicted molar refractivity (Wildman–Crippen MR) is 101 cm³/mol. The predicted octanol–water partition coefficient (Wildman–Crippen LogP) is 5.09. The maximum atomic E-state index is 10.6. The van der Waals surface area contributed by atoms with Gasteiger partial charge in [-0.15, -0.1) is 0 Å². The van der Waals surface area contributed by atoms with Crippen LogP contribution in [-0.2, 0) is 4.84 Å². The molecule has 0 spiro atoms. The Labute approximate surface area is 152 Å². The van der Waals surface area contributed by atoms with Crippen LogP contribution in [0.25, 0.3) is 0 Å². The van der Waals surface area contributed by atoms with E-state index >= 15 is 0 Å². The van der Waals surface area contributed by atoms with E-state index in [2.05, 4.69) is 32.0 Å². The van der Waals surface area contributed by atoms with Crippen LogP contribution in [0.3, 0.4) is 0 Å². The minimum absolute atomic E-state index is 0.0657. The third kappa shape index (κ3) is 2.69. The van der Waals surface area contributed by atoms with Gasteiger partial charge < -0.3 is 9.94 Å². The highest BCUT2D eigenvalue weighted by molar-refractivity contribution is 5.96. The van der Waals surface area contributed by atoms with Gasteiger partial charge in [0.25, 0.3) is 0 Å². The number of aliphatic hydroxyl groups excluding tert-OH is 1. The van der Waals surface area contributed by atoms with Crippen LogP contribution in [0.4, 0.5) is 0 Å². The van der Waals surface area contributed by atoms with Crippen LogP contribution in [-0.4, -0.2) is 23.5 Å². The van der Waals surface area contributed by atoms with E-state index in [1.54, 1.807) is 5.57 Å². The van der Waals surface area contributed by atoms with Gasteiger partial charge in [-0.2, -0.15) is 0 Å². The fourth-order valence-corrected chi connectivity index (χ4v) is 6.84. The second kappa shape index (κ2) is 6.40. The molecular weight excluding hydrogens is 310 g/mol. The van der Waals surface area contributed by atoms with E-state index in [9.17, 15) is 5.11 Å². The first-order valence-electron chi connectivity index (χ1n) is 10.6. The highest BCUT2D eigenvalue weighted by atomic mass is 16.6. The summed E-state index contributed by atoms with van der Waals surface area (Å²) in [6, 6.07) is 0. The van der Waals surface area contributed by atoms with Crippen LogP contribution in [0.5, 0.6) is 0 Å². The van der Waals surface area contributed by atoms with Crippen molar-refractivity contribution in [1.29, 1.82) is 0 Å². The first-order valence-corrected chi connectivity index (χ1v) is 10.6. The molecule has 0 aliphatic heterocycles. The van der Waals surface area contributed by atoms with Crippen molar-refractivity contribution in [2.45, 2.75) is 84.7 Å². The van der Waals surface area contributed by atoms with Crippen LogP contribution in [0.15, 0.2) is 16.8 Å². The van der Waals surface area contributed by atoms with E-state index in [4.69, 9.17) is 4.84 Å². The molecule has 4 unspecified atom stereocenters. The largest absolute Gasteiger partial charge is 0.396 e. The highest BCUT2D eigenvalue weighted by Crippen LogP contribution is 2.65. The first-order chi connectivity index (χ1) is 12.0. The minimum atomic E-state index is -0.0657. The third-order valence-electron chi connectivity index (χ3n) is 8.40. The van der Waals surface area contributed by atoms with Gasteiger partial charge in [0, 0.05) is 0 Å². The van der Waals surface area contributed by atoms with E-state index in [1.807, 2.05) is 0 Å². The summed E-state index contributed by atoms with van der Waals surface area (Å²) in [5.41, 5.74) is 3.31. The van der Waals surface area contributed by atoms with E-state index in [0.717, 1.165) is 49.3 Å². The lowest BCUT2D eigenvalue weighted by molar-refractivity contribution is -0.0722. The number of aliphatic hydroxyl groups is 1. The van der Waals surface area contributed by atoms with Gasteiger partial charge in [-0.1, -0.05) is 31.5 Å². The molecule has 0 bridgehead atoms. The summed E-state index contributed by atoms with van der Waals surface area (Å²) in [5.74, 6) is 2.35. The first kappa shape index (κ1) is 17.6. The molecule has 6 atom stereocenters. The highest BCUT2D eigenvalue weighted by Gasteiger charge is 2.58. The molecule has 3 heteroatoms. The maximum absolute atomic E-state index is 10.6. The number of oxime groups is 1. The molecule has 0 saturated heterocycles. The topological polar surface area (TPSA) is 41.8 Å².